The summed E-state index contributed by atoms with van der Waals surface area (Å²) in [4.78, 5) is 56.4. The Morgan fingerprint density at radius 1 is 1.14 bits per heavy atom. The van der Waals surface area contributed by atoms with Gasteiger partial charge in [-0.15, -0.1) is 11.3 Å². The minimum atomic E-state index is -0.896. The second kappa shape index (κ2) is 15.8. The van der Waals surface area contributed by atoms with Crippen LogP contribution >= 0.6 is 11.3 Å². The number of thiazole rings is 1. The number of pyridine rings is 2. The Morgan fingerprint density at radius 3 is 2.74 bits per heavy atom. The van der Waals surface area contributed by atoms with E-state index in [0.29, 0.717) is 25.8 Å². The number of amides is 2. The summed E-state index contributed by atoms with van der Waals surface area (Å²) in [5.74, 6) is -1.11. The van der Waals surface area contributed by atoms with Crippen molar-refractivity contribution in [3.05, 3.63) is 88.3 Å². The van der Waals surface area contributed by atoms with Gasteiger partial charge in [-0.3, -0.25) is 29.4 Å². The number of hydrazine groups is 1. The van der Waals surface area contributed by atoms with Gasteiger partial charge < -0.3 is 19.4 Å². The van der Waals surface area contributed by atoms with Crippen LogP contribution in [0.3, 0.4) is 0 Å². The lowest BCUT2D eigenvalue weighted by atomic mass is 9.84. The van der Waals surface area contributed by atoms with E-state index in [1.54, 1.807) is 19.5 Å². The van der Waals surface area contributed by atoms with Crippen molar-refractivity contribution in [3.63, 3.8) is 0 Å². The van der Waals surface area contributed by atoms with Crippen molar-refractivity contribution in [2.75, 3.05) is 20.3 Å². The van der Waals surface area contributed by atoms with Gasteiger partial charge in [0.15, 0.2) is 0 Å². The van der Waals surface area contributed by atoms with Crippen LogP contribution in [0.25, 0.3) is 33.4 Å². The molecule has 6 bridgehead atoms. The molecule has 1 saturated heterocycles. The molecule has 1 aliphatic carbocycles. The molecule has 0 spiro atoms. The average Bonchev–Trinajstić information content (AvgIpc) is 3.52. The number of carbonyl (C=O) groups excluding carboxylic acids is 3. The maximum atomic E-state index is 14.3. The fraction of sp³-hybridized carbons (Fsp3) is 0.455. The highest BCUT2D eigenvalue weighted by molar-refractivity contribution is 7.10. The molecule has 2 fully saturated rings. The summed E-state index contributed by atoms with van der Waals surface area (Å²) in [5, 5.41) is 8.44. The number of methoxy groups -OCH3 is 1. The number of aryl methyl sites for hydroxylation is 1. The third kappa shape index (κ3) is 7.60. The lowest BCUT2D eigenvalue weighted by Gasteiger charge is -2.35. The first-order valence-corrected chi connectivity index (χ1v) is 20.9. The fourth-order valence-corrected chi connectivity index (χ4v) is 9.57. The van der Waals surface area contributed by atoms with E-state index < -0.39 is 23.5 Å². The highest BCUT2D eigenvalue weighted by Gasteiger charge is 2.54. The molecular weight excluding hydrogens is 739 g/mol. The third-order valence-corrected chi connectivity index (χ3v) is 12.7. The summed E-state index contributed by atoms with van der Waals surface area (Å²) >= 11 is 1.47. The molecule has 6 atom stereocenters. The van der Waals surface area contributed by atoms with Crippen LogP contribution in [0.5, 0.6) is 0 Å². The lowest BCUT2D eigenvalue weighted by Crippen LogP contribution is -2.60. The SMILES string of the molecule is CCn1c(-c2cccnc2[C@H](C)OC)c2c3cc(ccc31)-c1csc(n1)C[C@H](NC(=O)[C@@H]1[C@H](C)[C@@H]1c1ccccn1)C(=O)N1CCC[C@H](N1)C(=O)OCC(C)(C)C2. The summed E-state index contributed by atoms with van der Waals surface area (Å²) in [6.07, 6.45) is 5.28. The van der Waals surface area contributed by atoms with Crippen molar-refractivity contribution in [1.29, 1.82) is 0 Å². The quantitative estimate of drug-likeness (QED) is 0.174. The Morgan fingerprint density at radius 2 is 1.96 bits per heavy atom. The molecule has 12 nitrogen and oxygen atoms in total. The van der Waals surface area contributed by atoms with Crippen molar-refractivity contribution in [2.45, 2.75) is 91.0 Å². The van der Waals surface area contributed by atoms with Crippen molar-refractivity contribution in [2.24, 2.45) is 17.3 Å². The average molecular weight is 790 g/mol. The highest BCUT2D eigenvalue weighted by Crippen LogP contribution is 2.53. The molecule has 57 heavy (non-hydrogen) atoms. The van der Waals surface area contributed by atoms with Crippen LogP contribution in [0.1, 0.15) is 81.4 Å². The van der Waals surface area contributed by atoms with Crippen molar-refractivity contribution >= 4 is 40.0 Å². The van der Waals surface area contributed by atoms with Gasteiger partial charge in [0.1, 0.15) is 12.1 Å². The Balaban J connectivity index is 1.20. The van der Waals surface area contributed by atoms with E-state index >= 15 is 0 Å². The predicted molar refractivity (Wildman–Crippen MR) is 219 cm³/mol. The van der Waals surface area contributed by atoms with E-state index in [1.165, 1.54) is 16.3 Å². The zero-order chi connectivity index (χ0) is 40.0. The largest absolute Gasteiger partial charge is 0.464 e. The molecule has 5 aromatic rings. The Hall–Kier alpha value is -4.98. The minimum Gasteiger partial charge on any atom is -0.464 e. The van der Waals surface area contributed by atoms with Gasteiger partial charge in [0.25, 0.3) is 5.91 Å². The first kappa shape index (κ1) is 38.9. The van der Waals surface area contributed by atoms with Crippen molar-refractivity contribution in [1.82, 2.24) is 35.3 Å². The van der Waals surface area contributed by atoms with E-state index in [0.717, 1.165) is 61.9 Å². The second-order valence-electron chi connectivity index (χ2n) is 16.4. The van der Waals surface area contributed by atoms with Crippen LogP contribution in [-0.2, 0) is 43.2 Å². The number of carbonyl (C=O) groups is 3. The van der Waals surface area contributed by atoms with Crippen molar-refractivity contribution < 1.29 is 23.9 Å². The van der Waals surface area contributed by atoms with Gasteiger partial charge in [0.05, 0.1) is 34.8 Å². The smallest absolute Gasteiger partial charge is 0.324 e. The second-order valence-corrected chi connectivity index (χ2v) is 17.4. The summed E-state index contributed by atoms with van der Waals surface area (Å²) < 4.78 is 14.2. The van der Waals surface area contributed by atoms with Gasteiger partial charge in [-0.2, -0.15) is 0 Å². The van der Waals surface area contributed by atoms with Crippen LogP contribution in [0.15, 0.2) is 66.3 Å². The topological polar surface area (TPSA) is 141 Å². The zero-order valence-electron chi connectivity index (χ0n) is 33.5. The molecule has 0 unspecified atom stereocenters. The zero-order valence-corrected chi connectivity index (χ0v) is 34.3. The highest BCUT2D eigenvalue weighted by atomic mass is 32.1. The number of ether oxygens (including phenoxy) is 2. The molecular formula is C44H51N7O5S. The molecule has 6 heterocycles. The van der Waals surface area contributed by atoms with Gasteiger partial charge >= 0.3 is 5.97 Å². The third-order valence-electron chi connectivity index (χ3n) is 11.9. The Bertz CT molecular complexity index is 2300. The predicted octanol–water partition coefficient (Wildman–Crippen LogP) is 6.65. The van der Waals surface area contributed by atoms with Crippen LogP contribution in [0.4, 0.5) is 0 Å². The van der Waals surface area contributed by atoms with Gasteiger partial charge in [-0.05, 0) is 81.0 Å². The summed E-state index contributed by atoms with van der Waals surface area (Å²) in [7, 11) is 1.70. The number of rotatable bonds is 7. The van der Waals surface area contributed by atoms with Gasteiger partial charge in [-0.25, -0.2) is 10.4 Å². The monoisotopic (exact) mass is 789 g/mol. The van der Waals surface area contributed by atoms with E-state index in [2.05, 4.69) is 65.3 Å². The maximum absolute atomic E-state index is 14.3. The normalized spacial score (nSPS) is 24.1. The number of hydrogen-bond donors (Lipinski definition) is 2. The van der Waals surface area contributed by atoms with Gasteiger partial charge in [0, 0.05) is 89.4 Å². The van der Waals surface area contributed by atoms with Crippen LogP contribution in [0, 0.1) is 17.3 Å². The molecule has 4 aromatic heterocycles. The molecule has 13 heteroatoms. The number of fused-ring (bicyclic) bond motifs is 6. The molecule has 1 saturated carbocycles. The summed E-state index contributed by atoms with van der Waals surface area (Å²) in [6.45, 7) is 11.7. The first-order chi connectivity index (χ1) is 27.5. The molecule has 8 rings (SSSR count). The molecule has 2 aliphatic heterocycles. The molecule has 0 radical (unpaired) electrons. The number of nitrogens with one attached hydrogen (secondary N) is 2. The van der Waals surface area contributed by atoms with Crippen LogP contribution in [-0.4, -0.2) is 74.7 Å². The molecule has 1 aromatic carbocycles. The van der Waals surface area contributed by atoms with Crippen LogP contribution in [0.2, 0.25) is 0 Å². The fourth-order valence-electron chi connectivity index (χ4n) is 8.72. The standard InChI is InChI=1S/C44H51N7O5S/c1-7-50-35-16-15-27-20-29(35)30(40(50)28-12-10-18-46-39(28)26(3)55-6)22-44(4,5)24-56-43(54)32-14-11-19-51(49-32)42(53)33(21-36-47-34(27)23-57-36)48-41(52)38-25(2)37(38)31-13-8-9-17-45-31/h8-10,12-13,15-18,20,23,25-26,32-33,37-38,49H,7,11,14,19,21-22,24H2,1-6H3,(H,48,52)/t25-,26+,32+,33+,37-,38-/m1/s1. The number of aromatic nitrogens is 4. The number of esters is 1. The molecule has 298 valence electrons. The van der Waals surface area contributed by atoms with Gasteiger partial charge in [0.2, 0.25) is 5.91 Å². The Kier molecular flexibility index (Phi) is 10.7. The molecule has 3 aliphatic rings. The molecule has 2 amide bonds. The van der Waals surface area contributed by atoms with E-state index in [9.17, 15) is 14.4 Å². The summed E-state index contributed by atoms with van der Waals surface area (Å²) in [5.41, 5.74) is 10.5. The lowest BCUT2D eigenvalue weighted by molar-refractivity contribution is -0.155. The Labute approximate surface area is 337 Å². The first-order valence-electron chi connectivity index (χ1n) is 20.0. The number of nitrogens with zero attached hydrogens (tertiary/aromatic N) is 5. The van der Waals surface area contributed by atoms with E-state index in [4.69, 9.17) is 19.4 Å². The van der Waals surface area contributed by atoms with Crippen molar-refractivity contribution in [3.8, 4) is 22.5 Å². The number of benzene rings is 1. The van der Waals surface area contributed by atoms with E-state index in [-0.39, 0.29) is 48.7 Å². The minimum absolute atomic E-state index is 0.0143. The van der Waals surface area contributed by atoms with Crippen LogP contribution < -0.4 is 10.7 Å². The van der Waals surface area contributed by atoms with Gasteiger partial charge in [-0.1, -0.05) is 32.9 Å². The molecule has 2 N–H and O–H groups in total. The number of hydrogen-bond acceptors (Lipinski definition) is 10. The summed E-state index contributed by atoms with van der Waals surface area (Å²) in [6, 6.07) is 14.7. The maximum Gasteiger partial charge on any atom is 0.324 e. The number of cyclic esters (lactones) is 1. The van der Waals surface area contributed by atoms with E-state index in [1.807, 2.05) is 43.5 Å².